The molecular formula is C20H19NO2S2. The van der Waals surface area contributed by atoms with Crippen LogP contribution in [0.2, 0.25) is 0 Å². The molecule has 0 radical (unpaired) electrons. The smallest absolute Gasteiger partial charge is 0.263 e. The number of thioether (sulfide) groups is 1. The molecule has 0 aromatic heterocycles. The van der Waals surface area contributed by atoms with Crippen molar-refractivity contribution < 1.29 is 9.53 Å². The van der Waals surface area contributed by atoms with E-state index >= 15 is 0 Å². The van der Waals surface area contributed by atoms with E-state index in [4.69, 9.17) is 17.0 Å². The molecule has 5 heteroatoms. The van der Waals surface area contributed by atoms with Crippen LogP contribution >= 0.6 is 24.0 Å². The summed E-state index contributed by atoms with van der Waals surface area (Å²) in [5.74, 6) is 1.41. The Balaban J connectivity index is 1.70. The molecular weight excluding hydrogens is 350 g/mol. The number of hydrogen-bond acceptors (Lipinski definition) is 4. The number of hydrogen-bond donors (Lipinski definition) is 1. The van der Waals surface area contributed by atoms with Gasteiger partial charge in [-0.05, 0) is 46.9 Å². The third-order valence-electron chi connectivity index (χ3n) is 3.78. The van der Waals surface area contributed by atoms with Crippen LogP contribution in [-0.2, 0) is 10.2 Å². The Hall–Kier alpha value is -2.11. The van der Waals surface area contributed by atoms with Crippen LogP contribution in [0, 0.1) is 0 Å². The normalized spacial score (nSPS) is 16.2. The second kappa shape index (κ2) is 7.02. The Morgan fingerprint density at radius 3 is 2.04 bits per heavy atom. The molecule has 25 heavy (non-hydrogen) atoms. The average Bonchev–Trinajstić information content (AvgIpc) is 2.86. The van der Waals surface area contributed by atoms with E-state index in [-0.39, 0.29) is 11.3 Å². The monoisotopic (exact) mass is 369 g/mol. The fourth-order valence-electron chi connectivity index (χ4n) is 2.36. The quantitative estimate of drug-likeness (QED) is 0.591. The lowest BCUT2D eigenvalue weighted by Gasteiger charge is -2.19. The summed E-state index contributed by atoms with van der Waals surface area (Å²) >= 11 is 6.26. The topological polar surface area (TPSA) is 38.3 Å². The van der Waals surface area contributed by atoms with Crippen molar-refractivity contribution in [1.82, 2.24) is 5.32 Å². The lowest BCUT2D eigenvalue weighted by Crippen LogP contribution is -2.17. The van der Waals surface area contributed by atoms with Gasteiger partial charge in [-0.15, -0.1) is 0 Å². The summed E-state index contributed by atoms with van der Waals surface area (Å²) in [6.07, 6.45) is 1.82. The summed E-state index contributed by atoms with van der Waals surface area (Å²) in [6.45, 7) is 6.56. The number of nitrogens with one attached hydrogen (secondary N) is 1. The summed E-state index contributed by atoms with van der Waals surface area (Å²) in [6, 6.07) is 15.8. The molecule has 1 aliphatic rings. The molecule has 3 nitrogen and oxygen atoms in total. The minimum absolute atomic E-state index is 0.126. The molecule has 1 fully saturated rings. The van der Waals surface area contributed by atoms with Crippen molar-refractivity contribution in [3.63, 3.8) is 0 Å². The summed E-state index contributed by atoms with van der Waals surface area (Å²) in [5.41, 5.74) is 2.32. The van der Waals surface area contributed by atoms with Crippen molar-refractivity contribution in [2.24, 2.45) is 0 Å². The van der Waals surface area contributed by atoms with E-state index < -0.39 is 0 Å². The van der Waals surface area contributed by atoms with E-state index in [0.717, 1.165) is 17.1 Å². The zero-order valence-electron chi connectivity index (χ0n) is 14.3. The fourth-order valence-corrected chi connectivity index (χ4v) is 3.41. The molecule has 0 aliphatic carbocycles. The molecule has 3 rings (SSSR count). The number of rotatable bonds is 3. The highest BCUT2D eigenvalue weighted by Gasteiger charge is 2.21. The van der Waals surface area contributed by atoms with Crippen LogP contribution in [-0.4, -0.2) is 10.2 Å². The maximum absolute atomic E-state index is 11.7. The molecule has 128 valence electrons. The van der Waals surface area contributed by atoms with Gasteiger partial charge in [0.15, 0.2) is 0 Å². The number of ether oxygens (including phenoxy) is 1. The Kier molecular flexibility index (Phi) is 4.97. The number of carbonyl (C=O) groups excluding carboxylic acids is 1. The first kappa shape index (κ1) is 17.7. The summed E-state index contributed by atoms with van der Waals surface area (Å²) in [5, 5.41) is 2.61. The van der Waals surface area contributed by atoms with Gasteiger partial charge in [-0.1, -0.05) is 69.0 Å². The van der Waals surface area contributed by atoms with Crippen molar-refractivity contribution in [1.29, 1.82) is 0 Å². The number of carbonyl (C=O) groups is 1. The van der Waals surface area contributed by atoms with Crippen LogP contribution < -0.4 is 10.1 Å². The third-order valence-corrected chi connectivity index (χ3v) is 4.94. The van der Waals surface area contributed by atoms with E-state index in [1.165, 1.54) is 17.3 Å². The fraction of sp³-hybridized carbons (Fsp3) is 0.200. The Morgan fingerprint density at radius 1 is 1.00 bits per heavy atom. The van der Waals surface area contributed by atoms with E-state index in [1.54, 1.807) is 0 Å². The number of benzene rings is 2. The van der Waals surface area contributed by atoms with E-state index in [0.29, 0.717) is 9.23 Å². The second-order valence-corrected chi connectivity index (χ2v) is 8.52. The largest absolute Gasteiger partial charge is 0.457 e. The second-order valence-electron chi connectivity index (χ2n) is 6.80. The third kappa shape index (κ3) is 4.50. The molecule has 0 spiro atoms. The summed E-state index contributed by atoms with van der Waals surface area (Å²) < 4.78 is 6.38. The highest BCUT2D eigenvalue weighted by molar-refractivity contribution is 8.26. The van der Waals surface area contributed by atoms with Crippen LogP contribution in [0.25, 0.3) is 6.08 Å². The van der Waals surface area contributed by atoms with Gasteiger partial charge in [-0.2, -0.15) is 0 Å². The first-order chi connectivity index (χ1) is 11.8. The molecule has 1 heterocycles. The van der Waals surface area contributed by atoms with Gasteiger partial charge < -0.3 is 10.1 Å². The molecule has 1 amide bonds. The van der Waals surface area contributed by atoms with E-state index in [1.807, 2.05) is 42.5 Å². The highest BCUT2D eigenvalue weighted by Crippen LogP contribution is 2.29. The van der Waals surface area contributed by atoms with Crippen LogP contribution in [0.5, 0.6) is 11.5 Å². The lowest BCUT2D eigenvalue weighted by atomic mass is 9.87. The van der Waals surface area contributed by atoms with Crippen molar-refractivity contribution >= 4 is 40.3 Å². The van der Waals surface area contributed by atoms with E-state index in [9.17, 15) is 4.79 Å². The van der Waals surface area contributed by atoms with Gasteiger partial charge in [0.25, 0.3) is 5.91 Å². The molecule has 1 saturated heterocycles. The molecule has 0 bridgehead atoms. The minimum Gasteiger partial charge on any atom is -0.457 e. The maximum Gasteiger partial charge on any atom is 0.263 e. The minimum atomic E-state index is -0.144. The maximum atomic E-state index is 11.7. The molecule has 0 unspecified atom stereocenters. The SMILES string of the molecule is CC(C)(C)c1ccc(Oc2ccc(C=C3SC(=S)NC3=O)cc2)cc1. The first-order valence-electron chi connectivity index (χ1n) is 7.94. The Morgan fingerprint density at radius 2 is 1.56 bits per heavy atom. The molecule has 2 aromatic rings. The van der Waals surface area contributed by atoms with Gasteiger partial charge in [-0.25, -0.2) is 0 Å². The van der Waals surface area contributed by atoms with Crippen molar-refractivity contribution in [2.75, 3.05) is 0 Å². The standard InChI is InChI=1S/C20H19NO2S2/c1-20(2,3)14-6-10-16(11-7-14)23-15-8-4-13(5-9-15)12-17-18(22)21-19(24)25-17/h4-12H,1-3H3,(H,21,22,24). The van der Waals surface area contributed by atoms with Crippen LogP contribution in [0.1, 0.15) is 31.9 Å². The molecule has 1 N–H and O–H groups in total. The summed E-state index contributed by atoms with van der Waals surface area (Å²) in [4.78, 5) is 12.3. The molecule has 1 aliphatic heterocycles. The number of thiocarbonyl (C=S) groups is 1. The molecule has 0 saturated carbocycles. The van der Waals surface area contributed by atoms with Crippen LogP contribution in [0.3, 0.4) is 0 Å². The molecule has 2 aromatic carbocycles. The van der Waals surface area contributed by atoms with Gasteiger partial charge in [-0.3, -0.25) is 4.79 Å². The van der Waals surface area contributed by atoms with Crippen LogP contribution in [0.15, 0.2) is 53.4 Å². The van der Waals surface area contributed by atoms with E-state index in [2.05, 4.69) is 38.2 Å². The zero-order valence-corrected chi connectivity index (χ0v) is 16.0. The predicted octanol–water partition coefficient (Wildman–Crippen LogP) is 5.27. The van der Waals surface area contributed by atoms with Gasteiger partial charge in [0, 0.05) is 0 Å². The average molecular weight is 370 g/mol. The van der Waals surface area contributed by atoms with Gasteiger partial charge in [0.1, 0.15) is 15.8 Å². The zero-order chi connectivity index (χ0) is 18.0. The highest BCUT2D eigenvalue weighted by atomic mass is 32.2. The van der Waals surface area contributed by atoms with Crippen molar-refractivity contribution in [2.45, 2.75) is 26.2 Å². The van der Waals surface area contributed by atoms with Gasteiger partial charge >= 0.3 is 0 Å². The van der Waals surface area contributed by atoms with Crippen molar-refractivity contribution in [3.05, 3.63) is 64.6 Å². The predicted molar refractivity (Wildman–Crippen MR) is 108 cm³/mol. The first-order valence-corrected chi connectivity index (χ1v) is 9.17. The van der Waals surface area contributed by atoms with Gasteiger partial charge in [0.05, 0.1) is 4.91 Å². The van der Waals surface area contributed by atoms with Gasteiger partial charge in [0.2, 0.25) is 0 Å². The van der Waals surface area contributed by atoms with Crippen molar-refractivity contribution in [3.8, 4) is 11.5 Å². The van der Waals surface area contributed by atoms with Crippen LogP contribution in [0.4, 0.5) is 0 Å². The number of amides is 1. The molecule has 0 atom stereocenters. The lowest BCUT2D eigenvalue weighted by molar-refractivity contribution is -0.115. The Bertz CT molecular complexity index is 831. The summed E-state index contributed by atoms with van der Waals surface area (Å²) in [7, 11) is 0. The Labute approximate surface area is 157 Å².